The van der Waals surface area contributed by atoms with Crippen LogP contribution in [0.5, 0.6) is 0 Å². The standard InChI is InChI=1S/C12H14BN3O2/c1-9-2-4-10(5-3-9)8-16-12(18)15(6-7-17)11(13)14-16/h2-5,17H,6-8H2,1H3. The van der Waals surface area contributed by atoms with Crippen LogP contribution in [0.1, 0.15) is 11.1 Å². The van der Waals surface area contributed by atoms with Crippen molar-refractivity contribution < 1.29 is 5.11 Å². The highest BCUT2D eigenvalue weighted by Crippen LogP contribution is 2.03. The van der Waals surface area contributed by atoms with Crippen LogP contribution in [0.25, 0.3) is 0 Å². The van der Waals surface area contributed by atoms with Crippen molar-refractivity contribution >= 4 is 13.6 Å². The van der Waals surface area contributed by atoms with E-state index in [9.17, 15) is 4.79 Å². The molecule has 0 fully saturated rings. The molecule has 1 aromatic heterocycles. The molecule has 1 N–H and O–H groups in total. The van der Waals surface area contributed by atoms with Crippen molar-refractivity contribution in [1.82, 2.24) is 14.3 Å². The first-order valence-electron chi connectivity index (χ1n) is 5.71. The highest BCUT2D eigenvalue weighted by atomic mass is 16.3. The minimum atomic E-state index is -0.304. The Morgan fingerprint density at radius 2 is 2.00 bits per heavy atom. The fraction of sp³-hybridized carbons (Fsp3) is 0.333. The summed E-state index contributed by atoms with van der Waals surface area (Å²) in [5.41, 5.74) is 1.97. The molecule has 5 nitrogen and oxygen atoms in total. The van der Waals surface area contributed by atoms with Crippen LogP contribution in [0.2, 0.25) is 0 Å². The summed E-state index contributed by atoms with van der Waals surface area (Å²) < 4.78 is 2.56. The molecule has 1 aromatic carbocycles. The van der Waals surface area contributed by atoms with Crippen LogP contribution in [0.15, 0.2) is 29.1 Å². The Labute approximate surface area is 106 Å². The zero-order valence-electron chi connectivity index (χ0n) is 10.2. The highest BCUT2D eigenvalue weighted by molar-refractivity contribution is 6.29. The zero-order chi connectivity index (χ0) is 13.1. The van der Waals surface area contributed by atoms with Gasteiger partial charge >= 0.3 is 5.69 Å². The molecule has 2 aromatic rings. The maximum atomic E-state index is 11.9. The Hall–Kier alpha value is -1.82. The van der Waals surface area contributed by atoms with Crippen LogP contribution in [0, 0.1) is 6.92 Å². The maximum absolute atomic E-state index is 11.9. The van der Waals surface area contributed by atoms with Crippen molar-refractivity contribution in [2.75, 3.05) is 6.61 Å². The van der Waals surface area contributed by atoms with Crippen LogP contribution in [0.4, 0.5) is 0 Å². The predicted octanol–water partition coefficient (Wildman–Crippen LogP) is -0.812. The number of hydrogen-bond acceptors (Lipinski definition) is 3. The van der Waals surface area contributed by atoms with Crippen molar-refractivity contribution in [2.45, 2.75) is 20.0 Å². The fourth-order valence-electron chi connectivity index (χ4n) is 1.74. The van der Waals surface area contributed by atoms with Gasteiger partial charge in [0.15, 0.2) is 7.85 Å². The molecule has 0 atom stereocenters. The third kappa shape index (κ3) is 2.54. The average molecular weight is 243 g/mol. The SMILES string of the molecule is [B]c1nn(Cc2ccc(C)cc2)c(=O)n1CCO. The van der Waals surface area contributed by atoms with Gasteiger partial charge in [0.1, 0.15) is 0 Å². The topological polar surface area (TPSA) is 60.0 Å². The first kappa shape index (κ1) is 12.6. The number of nitrogens with zero attached hydrogens (tertiary/aromatic N) is 3. The van der Waals surface area contributed by atoms with Crippen molar-refractivity contribution in [3.63, 3.8) is 0 Å². The van der Waals surface area contributed by atoms with Crippen LogP contribution >= 0.6 is 0 Å². The third-order valence-electron chi connectivity index (χ3n) is 2.73. The molecule has 0 saturated heterocycles. The number of aryl methyl sites for hydroxylation is 1. The van der Waals surface area contributed by atoms with Gasteiger partial charge in [0, 0.05) is 0 Å². The van der Waals surface area contributed by atoms with E-state index in [0.717, 1.165) is 11.1 Å². The summed E-state index contributed by atoms with van der Waals surface area (Å²) in [7, 11) is 5.63. The highest BCUT2D eigenvalue weighted by Gasteiger charge is 2.08. The van der Waals surface area contributed by atoms with Crippen molar-refractivity contribution in [1.29, 1.82) is 0 Å². The van der Waals surface area contributed by atoms with Crippen molar-refractivity contribution in [2.24, 2.45) is 0 Å². The van der Waals surface area contributed by atoms with E-state index in [1.54, 1.807) is 0 Å². The van der Waals surface area contributed by atoms with Crippen LogP contribution < -0.4 is 11.4 Å². The molecule has 0 unspecified atom stereocenters. The first-order valence-corrected chi connectivity index (χ1v) is 5.71. The monoisotopic (exact) mass is 243 g/mol. The quantitative estimate of drug-likeness (QED) is 0.714. The molecule has 0 bridgehead atoms. The summed E-state index contributed by atoms with van der Waals surface area (Å²) in [5, 5.41) is 12.8. The van der Waals surface area contributed by atoms with Crippen LogP contribution in [-0.4, -0.2) is 33.9 Å². The minimum Gasteiger partial charge on any atom is -0.395 e. The largest absolute Gasteiger partial charge is 0.395 e. The van der Waals surface area contributed by atoms with Crippen molar-refractivity contribution in [3.05, 3.63) is 45.9 Å². The van der Waals surface area contributed by atoms with Gasteiger partial charge in [-0.25, -0.2) is 9.48 Å². The summed E-state index contributed by atoms with van der Waals surface area (Å²) >= 11 is 0. The molecule has 2 radical (unpaired) electrons. The lowest BCUT2D eigenvalue weighted by molar-refractivity contribution is 0.275. The van der Waals surface area contributed by atoms with E-state index in [0.29, 0.717) is 6.54 Å². The lowest BCUT2D eigenvalue weighted by Gasteiger charge is -2.01. The van der Waals surface area contributed by atoms with Crippen LogP contribution in [-0.2, 0) is 13.1 Å². The molecule has 0 aliphatic carbocycles. The summed E-state index contributed by atoms with van der Waals surface area (Å²) in [6, 6.07) is 7.86. The van der Waals surface area contributed by atoms with Crippen molar-refractivity contribution in [3.8, 4) is 0 Å². The Kier molecular flexibility index (Phi) is 3.67. The smallest absolute Gasteiger partial charge is 0.345 e. The number of aliphatic hydroxyl groups excluding tert-OH is 1. The maximum Gasteiger partial charge on any atom is 0.345 e. The van der Waals surface area contributed by atoms with E-state index >= 15 is 0 Å². The Balaban J connectivity index is 2.27. The van der Waals surface area contributed by atoms with Gasteiger partial charge in [-0.3, -0.25) is 4.57 Å². The van der Waals surface area contributed by atoms with Gasteiger partial charge in [-0.2, -0.15) is 5.10 Å². The molecular weight excluding hydrogens is 229 g/mol. The normalized spacial score (nSPS) is 10.8. The molecule has 92 valence electrons. The second-order valence-corrected chi connectivity index (χ2v) is 4.16. The second-order valence-electron chi connectivity index (χ2n) is 4.16. The summed E-state index contributed by atoms with van der Waals surface area (Å²) in [6.45, 7) is 2.41. The molecule has 1 heterocycles. The van der Waals surface area contributed by atoms with Gasteiger partial charge in [-0.1, -0.05) is 29.8 Å². The van der Waals surface area contributed by atoms with E-state index in [-0.39, 0.29) is 24.6 Å². The molecular formula is C12H14BN3O2. The summed E-state index contributed by atoms with van der Waals surface area (Å²) in [5.74, 6) is 0. The number of rotatable bonds is 4. The van der Waals surface area contributed by atoms with Gasteiger partial charge in [0.2, 0.25) is 0 Å². The molecule has 2 rings (SSSR count). The number of hydrogen-bond donors (Lipinski definition) is 1. The predicted molar refractivity (Wildman–Crippen MR) is 69.2 cm³/mol. The lowest BCUT2D eigenvalue weighted by atomic mass is 10.1. The Morgan fingerprint density at radius 3 is 2.61 bits per heavy atom. The van der Waals surface area contributed by atoms with E-state index in [1.165, 1.54) is 9.25 Å². The summed E-state index contributed by atoms with van der Waals surface area (Å²) in [6.07, 6.45) is 0. The van der Waals surface area contributed by atoms with E-state index in [1.807, 2.05) is 31.2 Å². The lowest BCUT2D eigenvalue weighted by Crippen LogP contribution is -2.30. The van der Waals surface area contributed by atoms with Gasteiger partial charge in [-0.15, -0.1) is 0 Å². The number of aliphatic hydroxyl groups is 1. The molecule has 18 heavy (non-hydrogen) atoms. The molecule has 6 heteroatoms. The number of aromatic nitrogens is 3. The molecule has 0 aliphatic heterocycles. The Morgan fingerprint density at radius 1 is 1.33 bits per heavy atom. The average Bonchev–Trinajstić information content (AvgIpc) is 2.60. The van der Waals surface area contributed by atoms with Gasteiger partial charge < -0.3 is 5.11 Å². The molecule has 0 amide bonds. The molecule has 0 saturated carbocycles. The van der Waals surface area contributed by atoms with E-state index < -0.39 is 0 Å². The number of benzene rings is 1. The Bertz CT molecular complexity index is 586. The van der Waals surface area contributed by atoms with Gasteiger partial charge in [0.05, 0.1) is 25.4 Å². The fourth-order valence-corrected chi connectivity index (χ4v) is 1.74. The van der Waals surface area contributed by atoms with Gasteiger partial charge in [-0.05, 0) is 12.5 Å². The summed E-state index contributed by atoms with van der Waals surface area (Å²) in [4.78, 5) is 11.9. The second kappa shape index (κ2) is 5.22. The third-order valence-corrected chi connectivity index (χ3v) is 2.73. The van der Waals surface area contributed by atoms with E-state index in [4.69, 9.17) is 13.0 Å². The van der Waals surface area contributed by atoms with E-state index in [2.05, 4.69) is 5.10 Å². The first-order chi connectivity index (χ1) is 8.61. The van der Waals surface area contributed by atoms with Gasteiger partial charge in [0.25, 0.3) is 0 Å². The molecule has 0 spiro atoms. The molecule has 0 aliphatic rings. The minimum absolute atomic E-state index is 0.126. The van der Waals surface area contributed by atoms with Crippen LogP contribution in [0.3, 0.4) is 0 Å². The zero-order valence-corrected chi connectivity index (χ0v) is 10.2.